The van der Waals surface area contributed by atoms with Gasteiger partial charge in [0.1, 0.15) is 0 Å². The lowest BCUT2D eigenvalue weighted by atomic mass is 9.87. The molecule has 0 radical (unpaired) electrons. The van der Waals surface area contributed by atoms with Crippen molar-refractivity contribution in [2.75, 3.05) is 0 Å². The fraction of sp³-hybridized carbons (Fsp3) is 0.333. The molecule has 0 saturated carbocycles. The Kier molecular flexibility index (Phi) is 2.23. The van der Waals surface area contributed by atoms with Crippen molar-refractivity contribution in [1.82, 2.24) is 9.78 Å². The van der Waals surface area contributed by atoms with Crippen LogP contribution in [0.15, 0.2) is 19.0 Å². The molecule has 0 aliphatic rings. The van der Waals surface area contributed by atoms with E-state index in [0.717, 1.165) is 0 Å². The number of nitrogens with zero attached hydrogens (tertiary/aromatic N) is 2. The van der Waals surface area contributed by atoms with Crippen LogP contribution in [0, 0.1) is 0 Å². The van der Waals surface area contributed by atoms with Crippen LogP contribution in [0.5, 0.6) is 0 Å². The molecule has 0 spiro atoms. The highest BCUT2D eigenvalue weighted by Crippen LogP contribution is 2.22. The minimum Gasteiger partial charge on any atom is -0.481 e. The summed E-state index contributed by atoms with van der Waals surface area (Å²) in [5, 5.41) is 12.8. The molecule has 0 fully saturated rings. The van der Waals surface area contributed by atoms with Crippen LogP contribution in [-0.4, -0.2) is 20.9 Å². The van der Waals surface area contributed by atoms with Crippen LogP contribution in [0.25, 0.3) is 6.20 Å². The van der Waals surface area contributed by atoms with Crippen LogP contribution in [0.3, 0.4) is 0 Å². The molecule has 1 N–H and O–H groups in total. The highest BCUT2D eigenvalue weighted by atomic mass is 16.4. The molecule has 0 unspecified atom stereocenters. The number of carbonyl (C=O) groups is 1. The lowest BCUT2D eigenvalue weighted by Crippen LogP contribution is -2.27. The molecule has 13 heavy (non-hydrogen) atoms. The minimum absolute atomic E-state index is 0.667. The van der Waals surface area contributed by atoms with Crippen LogP contribution in [-0.2, 0) is 10.2 Å². The first kappa shape index (κ1) is 9.51. The molecule has 0 saturated heterocycles. The second-order valence-electron chi connectivity index (χ2n) is 3.32. The third kappa shape index (κ3) is 1.61. The van der Waals surface area contributed by atoms with Gasteiger partial charge in [0.25, 0.3) is 0 Å². The summed E-state index contributed by atoms with van der Waals surface area (Å²) in [7, 11) is 0. The molecular formula is C9H12N2O2. The number of hydrogen-bond acceptors (Lipinski definition) is 2. The summed E-state index contributed by atoms with van der Waals surface area (Å²) in [6, 6.07) is 0. The summed E-state index contributed by atoms with van der Waals surface area (Å²) in [5.41, 5.74) is -0.235. The van der Waals surface area contributed by atoms with Crippen molar-refractivity contribution in [3.8, 4) is 0 Å². The maximum absolute atomic E-state index is 10.9. The third-order valence-corrected chi connectivity index (χ3v) is 2.04. The Morgan fingerprint density at radius 1 is 1.77 bits per heavy atom. The molecular weight excluding hydrogens is 168 g/mol. The zero-order chi connectivity index (χ0) is 10.1. The van der Waals surface area contributed by atoms with E-state index < -0.39 is 11.4 Å². The summed E-state index contributed by atoms with van der Waals surface area (Å²) in [5.74, 6) is -0.865. The van der Waals surface area contributed by atoms with Gasteiger partial charge in [-0.15, -0.1) is 0 Å². The van der Waals surface area contributed by atoms with Crippen molar-refractivity contribution in [3.63, 3.8) is 0 Å². The smallest absolute Gasteiger partial charge is 0.313 e. The van der Waals surface area contributed by atoms with Crippen molar-refractivity contribution in [1.29, 1.82) is 0 Å². The first-order chi connectivity index (χ1) is 5.98. The van der Waals surface area contributed by atoms with Gasteiger partial charge in [-0.2, -0.15) is 5.10 Å². The van der Waals surface area contributed by atoms with E-state index in [2.05, 4.69) is 11.7 Å². The molecule has 0 atom stereocenters. The third-order valence-electron chi connectivity index (χ3n) is 2.04. The number of carboxylic acids is 1. The molecule has 70 valence electrons. The summed E-state index contributed by atoms with van der Waals surface area (Å²) < 4.78 is 1.49. The van der Waals surface area contributed by atoms with Crippen molar-refractivity contribution in [2.24, 2.45) is 0 Å². The fourth-order valence-corrected chi connectivity index (χ4v) is 0.884. The predicted molar refractivity (Wildman–Crippen MR) is 49.3 cm³/mol. The molecule has 0 aliphatic carbocycles. The van der Waals surface area contributed by atoms with Crippen molar-refractivity contribution >= 4 is 12.2 Å². The zero-order valence-electron chi connectivity index (χ0n) is 7.69. The van der Waals surface area contributed by atoms with E-state index in [1.165, 1.54) is 17.1 Å². The average molecular weight is 180 g/mol. The second kappa shape index (κ2) is 3.05. The number of rotatable bonds is 3. The molecule has 0 amide bonds. The van der Waals surface area contributed by atoms with Crippen molar-refractivity contribution < 1.29 is 9.90 Å². The quantitative estimate of drug-likeness (QED) is 0.763. The summed E-state index contributed by atoms with van der Waals surface area (Å²) in [6.45, 7) is 6.80. The number of aliphatic carboxylic acids is 1. The molecule has 1 rings (SSSR count). The topological polar surface area (TPSA) is 55.1 Å². The van der Waals surface area contributed by atoms with Gasteiger partial charge in [0.15, 0.2) is 0 Å². The Morgan fingerprint density at radius 2 is 2.38 bits per heavy atom. The van der Waals surface area contributed by atoms with E-state index in [9.17, 15) is 4.79 Å². The monoisotopic (exact) mass is 180 g/mol. The van der Waals surface area contributed by atoms with Gasteiger partial charge < -0.3 is 5.11 Å². The Morgan fingerprint density at radius 3 is 2.77 bits per heavy atom. The molecule has 1 aromatic rings. The van der Waals surface area contributed by atoms with E-state index in [4.69, 9.17) is 5.11 Å². The SMILES string of the molecule is C=Cn1cc(C(C)(C)C(=O)O)cn1. The molecule has 1 heterocycles. The van der Waals surface area contributed by atoms with Gasteiger partial charge in [-0.05, 0) is 13.8 Å². The summed E-state index contributed by atoms with van der Waals surface area (Å²) in [4.78, 5) is 10.9. The van der Waals surface area contributed by atoms with E-state index in [-0.39, 0.29) is 0 Å². The Hall–Kier alpha value is -1.58. The van der Waals surface area contributed by atoms with Crippen LogP contribution in [0.2, 0.25) is 0 Å². The van der Waals surface area contributed by atoms with Gasteiger partial charge >= 0.3 is 5.97 Å². The predicted octanol–water partition coefficient (Wildman–Crippen LogP) is 1.35. The molecule has 1 aromatic heterocycles. The fourth-order valence-electron chi connectivity index (χ4n) is 0.884. The molecule has 4 nitrogen and oxygen atoms in total. The Bertz CT molecular complexity index is 339. The van der Waals surface area contributed by atoms with E-state index in [1.807, 2.05) is 0 Å². The first-order valence-electron chi connectivity index (χ1n) is 3.89. The highest BCUT2D eigenvalue weighted by molar-refractivity contribution is 5.80. The van der Waals surface area contributed by atoms with Gasteiger partial charge in [-0.25, -0.2) is 4.68 Å². The molecule has 4 heteroatoms. The van der Waals surface area contributed by atoms with Crippen molar-refractivity contribution in [3.05, 3.63) is 24.5 Å². The van der Waals surface area contributed by atoms with E-state index in [0.29, 0.717) is 5.56 Å². The number of aromatic nitrogens is 2. The van der Waals surface area contributed by atoms with Gasteiger partial charge in [-0.3, -0.25) is 4.79 Å². The lowest BCUT2D eigenvalue weighted by molar-refractivity contribution is -0.142. The average Bonchev–Trinajstić information content (AvgIpc) is 2.51. The van der Waals surface area contributed by atoms with Crippen LogP contribution in [0.4, 0.5) is 0 Å². The van der Waals surface area contributed by atoms with E-state index >= 15 is 0 Å². The van der Waals surface area contributed by atoms with Gasteiger partial charge in [-0.1, -0.05) is 6.58 Å². The largest absolute Gasteiger partial charge is 0.481 e. The lowest BCUT2D eigenvalue weighted by Gasteiger charge is -2.16. The number of carboxylic acid groups (broad SMARTS) is 1. The van der Waals surface area contributed by atoms with Crippen LogP contribution >= 0.6 is 0 Å². The zero-order valence-corrected chi connectivity index (χ0v) is 7.69. The molecule has 0 bridgehead atoms. The number of hydrogen-bond donors (Lipinski definition) is 1. The minimum atomic E-state index is -0.902. The van der Waals surface area contributed by atoms with Crippen molar-refractivity contribution in [2.45, 2.75) is 19.3 Å². The normalized spacial score (nSPS) is 11.2. The van der Waals surface area contributed by atoms with Crippen LogP contribution < -0.4 is 0 Å². The summed E-state index contributed by atoms with van der Waals surface area (Å²) in [6.07, 6.45) is 4.71. The standard InChI is InChI=1S/C9H12N2O2/c1-4-11-6-7(5-10-11)9(2,3)8(12)13/h4-6H,1H2,2-3H3,(H,12,13). The molecule has 0 aliphatic heterocycles. The second-order valence-corrected chi connectivity index (χ2v) is 3.32. The molecule has 0 aromatic carbocycles. The van der Waals surface area contributed by atoms with Gasteiger partial charge in [0, 0.05) is 18.0 Å². The van der Waals surface area contributed by atoms with Gasteiger partial charge in [0.2, 0.25) is 0 Å². The highest BCUT2D eigenvalue weighted by Gasteiger charge is 2.30. The summed E-state index contributed by atoms with van der Waals surface area (Å²) >= 11 is 0. The van der Waals surface area contributed by atoms with Gasteiger partial charge in [0.05, 0.1) is 11.6 Å². The maximum Gasteiger partial charge on any atom is 0.313 e. The first-order valence-corrected chi connectivity index (χ1v) is 3.89. The van der Waals surface area contributed by atoms with E-state index in [1.54, 1.807) is 20.0 Å². The Balaban J connectivity index is 3.07. The maximum atomic E-state index is 10.9. The Labute approximate surface area is 76.5 Å². The van der Waals surface area contributed by atoms with Crippen LogP contribution in [0.1, 0.15) is 19.4 Å².